The summed E-state index contributed by atoms with van der Waals surface area (Å²) in [7, 11) is 1.77. The van der Waals surface area contributed by atoms with Crippen LogP contribution in [0.3, 0.4) is 0 Å². The Kier molecular flexibility index (Phi) is 3.13. The Morgan fingerprint density at radius 2 is 2.05 bits per heavy atom. The Hall–Kier alpha value is -2.76. The van der Waals surface area contributed by atoms with Gasteiger partial charge in [-0.2, -0.15) is 0 Å². The number of rotatable bonds is 2. The summed E-state index contributed by atoms with van der Waals surface area (Å²) in [5.74, 6) is -0.583. The van der Waals surface area contributed by atoms with Gasteiger partial charge in [0.25, 0.3) is 5.91 Å². The number of halogens is 1. The fourth-order valence-corrected chi connectivity index (χ4v) is 2.13. The van der Waals surface area contributed by atoms with Gasteiger partial charge < -0.3 is 5.32 Å². The predicted octanol–water partition coefficient (Wildman–Crippen LogP) is 2.67. The van der Waals surface area contributed by atoms with Crippen LogP contribution in [0.2, 0.25) is 0 Å². The molecule has 0 unspecified atom stereocenters. The van der Waals surface area contributed by atoms with Gasteiger partial charge in [-0.3, -0.25) is 4.79 Å². The molecule has 0 radical (unpaired) electrons. The SMILES string of the molecule is Cc1cc(F)ccc1NC(=O)c1ccc2nnn(C)c2c1. The van der Waals surface area contributed by atoms with E-state index in [2.05, 4.69) is 15.6 Å². The second-order valence-electron chi connectivity index (χ2n) is 4.83. The molecule has 0 saturated heterocycles. The molecule has 0 aliphatic rings. The van der Waals surface area contributed by atoms with E-state index in [4.69, 9.17) is 0 Å². The number of anilines is 1. The van der Waals surface area contributed by atoms with Crippen molar-refractivity contribution in [3.05, 3.63) is 53.3 Å². The topological polar surface area (TPSA) is 59.8 Å². The van der Waals surface area contributed by atoms with Gasteiger partial charge in [-0.05, 0) is 48.9 Å². The summed E-state index contributed by atoms with van der Waals surface area (Å²) >= 11 is 0. The van der Waals surface area contributed by atoms with Crippen LogP contribution in [0.4, 0.5) is 10.1 Å². The third kappa shape index (κ3) is 2.47. The largest absolute Gasteiger partial charge is 0.322 e. The van der Waals surface area contributed by atoms with Crippen LogP contribution in [-0.2, 0) is 7.05 Å². The minimum atomic E-state index is -0.326. The number of amides is 1. The van der Waals surface area contributed by atoms with E-state index in [1.54, 1.807) is 42.9 Å². The highest BCUT2D eigenvalue weighted by Crippen LogP contribution is 2.18. The molecule has 1 aromatic heterocycles. The van der Waals surface area contributed by atoms with Gasteiger partial charge in [0.2, 0.25) is 0 Å². The van der Waals surface area contributed by atoms with Gasteiger partial charge in [0.15, 0.2) is 0 Å². The molecule has 2 aromatic carbocycles. The van der Waals surface area contributed by atoms with E-state index in [1.807, 2.05) is 0 Å². The first-order chi connectivity index (χ1) is 10.0. The molecular formula is C15H13FN4O. The van der Waals surface area contributed by atoms with E-state index in [0.717, 1.165) is 11.0 Å². The first kappa shape index (κ1) is 13.2. The van der Waals surface area contributed by atoms with Crippen LogP contribution in [0.15, 0.2) is 36.4 Å². The summed E-state index contributed by atoms with van der Waals surface area (Å²) in [6.07, 6.45) is 0. The summed E-state index contributed by atoms with van der Waals surface area (Å²) < 4.78 is 14.7. The zero-order chi connectivity index (χ0) is 15.0. The van der Waals surface area contributed by atoms with Crippen molar-refractivity contribution in [2.45, 2.75) is 6.92 Å². The maximum Gasteiger partial charge on any atom is 0.255 e. The highest BCUT2D eigenvalue weighted by atomic mass is 19.1. The number of aromatic nitrogens is 3. The van der Waals surface area contributed by atoms with Crippen molar-refractivity contribution in [2.75, 3.05) is 5.32 Å². The number of aryl methyl sites for hydroxylation is 2. The van der Waals surface area contributed by atoms with E-state index in [1.165, 1.54) is 12.1 Å². The molecule has 1 N–H and O–H groups in total. The summed E-state index contributed by atoms with van der Waals surface area (Å²) in [6, 6.07) is 9.40. The first-order valence-electron chi connectivity index (χ1n) is 6.41. The number of fused-ring (bicyclic) bond motifs is 1. The number of carbonyl (C=O) groups excluding carboxylic acids is 1. The Morgan fingerprint density at radius 1 is 1.24 bits per heavy atom. The number of nitrogens with one attached hydrogen (secondary N) is 1. The van der Waals surface area contributed by atoms with Crippen molar-refractivity contribution in [2.24, 2.45) is 7.05 Å². The third-order valence-corrected chi connectivity index (χ3v) is 3.31. The van der Waals surface area contributed by atoms with Crippen molar-refractivity contribution in [1.82, 2.24) is 15.0 Å². The molecule has 5 nitrogen and oxygen atoms in total. The van der Waals surface area contributed by atoms with Crippen molar-refractivity contribution < 1.29 is 9.18 Å². The molecule has 3 aromatic rings. The molecule has 0 aliphatic heterocycles. The fourth-order valence-electron chi connectivity index (χ4n) is 2.13. The fraction of sp³-hybridized carbons (Fsp3) is 0.133. The van der Waals surface area contributed by atoms with Crippen LogP contribution in [0, 0.1) is 12.7 Å². The first-order valence-corrected chi connectivity index (χ1v) is 6.41. The molecule has 106 valence electrons. The monoisotopic (exact) mass is 284 g/mol. The lowest BCUT2D eigenvalue weighted by molar-refractivity contribution is 0.102. The lowest BCUT2D eigenvalue weighted by atomic mass is 10.1. The average Bonchev–Trinajstić information content (AvgIpc) is 2.83. The zero-order valence-electron chi connectivity index (χ0n) is 11.6. The molecule has 0 fully saturated rings. The molecule has 21 heavy (non-hydrogen) atoms. The van der Waals surface area contributed by atoms with E-state index in [9.17, 15) is 9.18 Å². The summed E-state index contributed by atoms with van der Waals surface area (Å²) in [6.45, 7) is 1.74. The van der Waals surface area contributed by atoms with Crippen molar-refractivity contribution in [1.29, 1.82) is 0 Å². The molecule has 0 saturated carbocycles. The molecule has 0 spiro atoms. The van der Waals surface area contributed by atoms with Crippen molar-refractivity contribution in [3.8, 4) is 0 Å². The van der Waals surface area contributed by atoms with Crippen LogP contribution >= 0.6 is 0 Å². The van der Waals surface area contributed by atoms with Gasteiger partial charge in [0.05, 0.1) is 5.52 Å². The minimum absolute atomic E-state index is 0.257. The van der Waals surface area contributed by atoms with E-state index >= 15 is 0 Å². The number of hydrogen-bond acceptors (Lipinski definition) is 3. The Balaban J connectivity index is 1.91. The molecule has 6 heteroatoms. The van der Waals surface area contributed by atoms with Gasteiger partial charge in [-0.15, -0.1) is 5.10 Å². The zero-order valence-corrected chi connectivity index (χ0v) is 11.6. The quantitative estimate of drug-likeness (QED) is 0.787. The highest BCUT2D eigenvalue weighted by molar-refractivity contribution is 6.06. The normalized spacial score (nSPS) is 10.8. The van der Waals surface area contributed by atoms with Crippen LogP contribution < -0.4 is 5.32 Å². The van der Waals surface area contributed by atoms with Gasteiger partial charge >= 0.3 is 0 Å². The molecule has 1 heterocycles. The maximum absolute atomic E-state index is 13.1. The Morgan fingerprint density at radius 3 is 2.81 bits per heavy atom. The van der Waals surface area contributed by atoms with Crippen LogP contribution in [0.5, 0.6) is 0 Å². The van der Waals surface area contributed by atoms with E-state index < -0.39 is 0 Å². The molecule has 1 amide bonds. The summed E-state index contributed by atoms with van der Waals surface area (Å²) in [5.41, 5.74) is 3.26. The minimum Gasteiger partial charge on any atom is -0.322 e. The van der Waals surface area contributed by atoms with Crippen LogP contribution in [0.25, 0.3) is 11.0 Å². The number of nitrogens with zero attached hydrogens (tertiary/aromatic N) is 3. The summed E-state index contributed by atoms with van der Waals surface area (Å²) in [5, 5.41) is 10.6. The van der Waals surface area contributed by atoms with Gasteiger partial charge in [-0.1, -0.05) is 5.21 Å². The van der Waals surface area contributed by atoms with E-state index in [0.29, 0.717) is 16.8 Å². The van der Waals surface area contributed by atoms with Crippen LogP contribution in [-0.4, -0.2) is 20.9 Å². The van der Waals surface area contributed by atoms with Crippen LogP contribution in [0.1, 0.15) is 15.9 Å². The maximum atomic E-state index is 13.1. The molecule has 0 aliphatic carbocycles. The second-order valence-corrected chi connectivity index (χ2v) is 4.83. The number of hydrogen-bond donors (Lipinski definition) is 1. The Labute approximate surface area is 120 Å². The van der Waals surface area contributed by atoms with E-state index in [-0.39, 0.29) is 11.7 Å². The van der Waals surface area contributed by atoms with Gasteiger partial charge in [-0.25, -0.2) is 9.07 Å². The number of benzene rings is 2. The molecule has 0 bridgehead atoms. The second kappa shape index (κ2) is 4.97. The molecule has 3 rings (SSSR count). The smallest absolute Gasteiger partial charge is 0.255 e. The standard InChI is InChI=1S/C15H13FN4O/c1-9-7-11(16)4-6-12(9)17-15(21)10-3-5-13-14(8-10)20(2)19-18-13/h3-8H,1-2H3,(H,17,21). The molecule has 0 atom stereocenters. The third-order valence-electron chi connectivity index (χ3n) is 3.31. The predicted molar refractivity (Wildman–Crippen MR) is 77.6 cm³/mol. The van der Waals surface area contributed by atoms with Gasteiger partial charge in [0, 0.05) is 18.3 Å². The lowest BCUT2D eigenvalue weighted by Gasteiger charge is -2.08. The van der Waals surface area contributed by atoms with Crippen molar-refractivity contribution in [3.63, 3.8) is 0 Å². The van der Waals surface area contributed by atoms with Gasteiger partial charge in [0.1, 0.15) is 11.3 Å². The van der Waals surface area contributed by atoms with Crippen molar-refractivity contribution >= 4 is 22.6 Å². The lowest BCUT2D eigenvalue weighted by Crippen LogP contribution is -2.13. The average molecular weight is 284 g/mol. The molecular weight excluding hydrogens is 271 g/mol. The Bertz CT molecular complexity index is 841. The summed E-state index contributed by atoms with van der Waals surface area (Å²) in [4.78, 5) is 12.3. The number of carbonyl (C=O) groups is 1. The highest BCUT2D eigenvalue weighted by Gasteiger charge is 2.11.